The number of nitrogens with one attached hydrogen (secondary N) is 1. The van der Waals surface area contributed by atoms with Crippen LogP contribution in [0, 0.1) is 11.3 Å². The molecule has 2 rings (SSSR count). The number of hydrogen-bond donors (Lipinski definition) is 1. The Kier molecular flexibility index (Phi) is 7.69. The number of carbonyl (C=O) groups is 1. The number of carbonyl (C=O) groups excluding carboxylic acids is 1. The van der Waals surface area contributed by atoms with Crippen molar-refractivity contribution in [1.82, 2.24) is 5.32 Å². The maximum absolute atomic E-state index is 11.9. The monoisotopic (exact) mass is 370 g/mol. The van der Waals surface area contributed by atoms with E-state index < -0.39 is 5.91 Å². The fraction of sp³-hybridized carbons (Fsp3) is 0.200. The van der Waals surface area contributed by atoms with Crippen molar-refractivity contribution in [1.29, 1.82) is 5.26 Å². The first-order valence-electron chi connectivity index (χ1n) is 7.99. The average molecular weight is 371 g/mol. The molecule has 0 atom stereocenters. The van der Waals surface area contributed by atoms with Gasteiger partial charge in [-0.15, -0.1) is 0 Å². The van der Waals surface area contributed by atoms with Gasteiger partial charge in [0.2, 0.25) is 0 Å². The predicted molar refractivity (Wildman–Crippen MR) is 101 cm³/mol. The third-order valence-electron chi connectivity index (χ3n) is 3.50. The Balaban J connectivity index is 1.98. The molecule has 134 valence electrons. The summed E-state index contributed by atoms with van der Waals surface area (Å²) in [6.07, 6.45) is 1.53. The minimum atomic E-state index is -0.427. The summed E-state index contributed by atoms with van der Waals surface area (Å²) in [6.45, 7) is 1.10. The molecule has 0 spiro atoms. The lowest BCUT2D eigenvalue weighted by Crippen LogP contribution is -2.27. The molecule has 0 aromatic heterocycles. The van der Waals surface area contributed by atoms with Crippen molar-refractivity contribution >= 4 is 23.6 Å². The van der Waals surface area contributed by atoms with E-state index in [1.807, 2.05) is 30.3 Å². The number of nitriles is 1. The second-order valence-corrected chi connectivity index (χ2v) is 5.77. The standard InChI is InChI=1S/C20H19ClN2O3/c1-25-11-10-23-20(24)17(13-22)12-15-6-8-18(9-7-15)26-14-16-4-2-3-5-19(16)21/h2-9,12H,10-11,14H2,1H3,(H,23,24)/b17-12+. The van der Waals surface area contributed by atoms with Crippen molar-refractivity contribution in [3.63, 3.8) is 0 Å². The largest absolute Gasteiger partial charge is 0.489 e. The van der Waals surface area contributed by atoms with Gasteiger partial charge in [-0.25, -0.2) is 0 Å². The van der Waals surface area contributed by atoms with Gasteiger partial charge in [0.1, 0.15) is 24.0 Å². The zero-order chi connectivity index (χ0) is 18.8. The molecule has 0 aliphatic carbocycles. The number of rotatable bonds is 8. The molecule has 0 heterocycles. The van der Waals surface area contributed by atoms with E-state index in [1.54, 1.807) is 31.4 Å². The Bertz CT molecular complexity index is 811. The summed E-state index contributed by atoms with van der Waals surface area (Å²) in [5.41, 5.74) is 1.66. The van der Waals surface area contributed by atoms with Crippen LogP contribution in [-0.2, 0) is 16.1 Å². The van der Waals surface area contributed by atoms with Crippen molar-refractivity contribution in [2.75, 3.05) is 20.3 Å². The van der Waals surface area contributed by atoms with Crippen molar-refractivity contribution < 1.29 is 14.3 Å². The molecule has 0 saturated heterocycles. The van der Waals surface area contributed by atoms with Crippen molar-refractivity contribution in [3.05, 3.63) is 70.3 Å². The van der Waals surface area contributed by atoms with Crippen molar-refractivity contribution in [2.45, 2.75) is 6.61 Å². The maximum Gasteiger partial charge on any atom is 0.262 e. The lowest BCUT2D eigenvalue weighted by atomic mass is 10.1. The van der Waals surface area contributed by atoms with Crippen molar-refractivity contribution in [3.8, 4) is 11.8 Å². The Morgan fingerprint density at radius 3 is 2.62 bits per heavy atom. The van der Waals surface area contributed by atoms with Crippen LogP contribution in [0.2, 0.25) is 5.02 Å². The molecule has 1 amide bonds. The van der Waals surface area contributed by atoms with Gasteiger partial charge in [0.05, 0.1) is 6.61 Å². The van der Waals surface area contributed by atoms with Crippen LogP contribution in [0.5, 0.6) is 5.75 Å². The second-order valence-electron chi connectivity index (χ2n) is 5.37. The van der Waals surface area contributed by atoms with Gasteiger partial charge in [-0.2, -0.15) is 5.26 Å². The summed E-state index contributed by atoms with van der Waals surface area (Å²) in [5, 5.41) is 12.4. The van der Waals surface area contributed by atoms with Crippen molar-refractivity contribution in [2.24, 2.45) is 0 Å². The minimum absolute atomic E-state index is 0.0332. The molecule has 2 aromatic rings. The van der Waals surface area contributed by atoms with Crippen LogP contribution >= 0.6 is 11.6 Å². The van der Waals surface area contributed by atoms with E-state index in [-0.39, 0.29) is 5.57 Å². The molecule has 0 fully saturated rings. The van der Waals surface area contributed by atoms with Gasteiger partial charge in [-0.3, -0.25) is 4.79 Å². The summed E-state index contributed by atoms with van der Waals surface area (Å²) < 4.78 is 10.6. The average Bonchev–Trinajstić information content (AvgIpc) is 2.66. The highest BCUT2D eigenvalue weighted by atomic mass is 35.5. The maximum atomic E-state index is 11.9. The first kappa shape index (κ1) is 19.5. The highest BCUT2D eigenvalue weighted by Crippen LogP contribution is 2.19. The fourth-order valence-electron chi connectivity index (χ4n) is 2.11. The van der Waals surface area contributed by atoms with Crippen LogP contribution < -0.4 is 10.1 Å². The number of benzene rings is 2. The predicted octanol–water partition coefficient (Wildman–Crippen LogP) is 3.59. The number of ether oxygens (including phenoxy) is 2. The van der Waals surface area contributed by atoms with E-state index in [4.69, 9.17) is 26.3 Å². The van der Waals surface area contributed by atoms with Gasteiger partial charge in [-0.1, -0.05) is 41.9 Å². The molecule has 0 aliphatic rings. The zero-order valence-corrected chi connectivity index (χ0v) is 15.1. The zero-order valence-electron chi connectivity index (χ0n) is 14.4. The summed E-state index contributed by atoms with van der Waals surface area (Å²) >= 11 is 6.10. The van der Waals surface area contributed by atoms with E-state index in [2.05, 4.69) is 5.32 Å². The molecule has 6 heteroatoms. The van der Waals surface area contributed by atoms with Gasteiger partial charge >= 0.3 is 0 Å². The Hall–Kier alpha value is -2.81. The molecule has 1 N–H and O–H groups in total. The third kappa shape index (κ3) is 5.92. The smallest absolute Gasteiger partial charge is 0.262 e. The molecule has 26 heavy (non-hydrogen) atoms. The lowest BCUT2D eigenvalue weighted by molar-refractivity contribution is -0.117. The van der Waals surface area contributed by atoms with Crippen LogP contribution in [0.15, 0.2) is 54.1 Å². The molecule has 0 aliphatic heterocycles. The number of nitrogens with zero attached hydrogens (tertiary/aromatic N) is 1. The van der Waals surface area contributed by atoms with E-state index in [0.717, 1.165) is 11.1 Å². The van der Waals surface area contributed by atoms with E-state index in [1.165, 1.54) is 6.08 Å². The summed E-state index contributed by atoms with van der Waals surface area (Å²) in [7, 11) is 1.54. The molecule has 0 unspecified atom stereocenters. The number of halogens is 1. The van der Waals surface area contributed by atoms with Crippen LogP contribution in [0.1, 0.15) is 11.1 Å². The van der Waals surface area contributed by atoms with E-state index in [0.29, 0.717) is 30.5 Å². The molecule has 5 nitrogen and oxygen atoms in total. The third-order valence-corrected chi connectivity index (χ3v) is 3.87. The topological polar surface area (TPSA) is 71.3 Å². The number of methoxy groups -OCH3 is 1. The second kappa shape index (κ2) is 10.2. The van der Waals surface area contributed by atoms with Crippen LogP contribution in [-0.4, -0.2) is 26.2 Å². The quantitative estimate of drug-likeness (QED) is 0.438. The van der Waals surface area contributed by atoms with Crippen LogP contribution in [0.4, 0.5) is 0 Å². The molecule has 2 aromatic carbocycles. The van der Waals surface area contributed by atoms with Gasteiger partial charge in [-0.05, 0) is 29.8 Å². The summed E-state index contributed by atoms with van der Waals surface area (Å²) in [6, 6.07) is 16.5. The van der Waals surface area contributed by atoms with Crippen LogP contribution in [0.25, 0.3) is 6.08 Å². The first-order valence-corrected chi connectivity index (χ1v) is 8.37. The first-order chi connectivity index (χ1) is 12.6. The van der Waals surface area contributed by atoms with Gasteiger partial charge in [0, 0.05) is 24.2 Å². The Morgan fingerprint density at radius 2 is 1.96 bits per heavy atom. The molecular weight excluding hydrogens is 352 g/mol. The normalized spacial score (nSPS) is 10.9. The fourth-order valence-corrected chi connectivity index (χ4v) is 2.30. The van der Waals surface area contributed by atoms with Gasteiger partial charge < -0.3 is 14.8 Å². The minimum Gasteiger partial charge on any atom is -0.489 e. The Labute approximate surface area is 157 Å². The molecular formula is C20H19ClN2O3. The van der Waals surface area contributed by atoms with E-state index >= 15 is 0 Å². The number of amides is 1. The number of hydrogen-bond acceptors (Lipinski definition) is 4. The van der Waals surface area contributed by atoms with Gasteiger partial charge in [0.25, 0.3) is 5.91 Å². The SMILES string of the molecule is COCCNC(=O)/C(C#N)=C/c1ccc(OCc2ccccc2Cl)cc1. The van der Waals surface area contributed by atoms with Crippen LogP contribution in [0.3, 0.4) is 0 Å². The van der Waals surface area contributed by atoms with Gasteiger partial charge in [0.15, 0.2) is 0 Å². The van der Waals surface area contributed by atoms with E-state index in [9.17, 15) is 4.79 Å². The summed E-state index contributed by atoms with van der Waals surface area (Å²) in [4.78, 5) is 11.9. The molecule has 0 bridgehead atoms. The Morgan fingerprint density at radius 1 is 1.23 bits per heavy atom. The summed E-state index contributed by atoms with van der Waals surface area (Å²) in [5.74, 6) is 0.244. The highest BCUT2D eigenvalue weighted by molar-refractivity contribution is 6.31. The molecule has 0 radical (unpaired) electrons. The molecule has 0 saturated carbocycles. The lowest BCUT2D eigenvalue weighted by Gasteiger charge is -2.08. The highest BCUT2D eigenvalue weighted by Gasteiger charge is 2.08.